The topological polar surface area (TPSA) is 41.9 Å². The van der Waals surface area contributed by atoms with Crippen LogP contribution in [0.25, 0.3) is 0 Å². The first-order valence-corrected chi connectivity index (χ1v) is 9.72. The van der Waals surface area contributed by atoms with Crippen LogP contribution in [0.2, 0.25) is 5.02 Å². The van der Waals surface area contributed by atoms with E-state index in [0.717, 1.165) is 18.2 Å². The Morgan fingerprint density at radius 1 is 1.29 bits per heavy atom. The Morgan fingerprint density at radius 2 is 2.04 bits per heavy atom. The zero-order chi connectivity index (χ0) is 20.5. The summed E-state index contributed by atoms with van der Waals surface area (Å²) in [7, 11) is 1.46. The number of thioether (sulfide) groups is 1. The Hall–Kier alpha value is -2.12. The molecule has 1 saturated heterocycles. The minimum Gasteiger partial charge on any atom is -0.496 e. The average Bonchev–Trinajstić information content (AvgIpc) is 2.91. The van der Waals surface area contributed by atoms with Gasteiger partial charge in [0.1, 0.15) is 17.4 Å². The molecule has 0 saturated carbocycles. The number of rotatable bonds is 4. The van der Waals surface area contributed by atoms with Crippen LogP contribution in [0.4, 0.5) is 8.78 Å². The van der Waals surface area contributed by atoms with E-state index in [2.05, 4.69) is 4.99 Å². The molecule has 0 spiro atoms. The molecule has 1 aliphatic rings. The summed E-state index contributed by atoms with van der Waals surface area (Å²) in [6.45, 7) is 4.64. The van der Waals surface area contributed by atoms with Gasteiger partial charge in [-0.15, -0.1) is 0 Å². The van der Waals surface area contributed by atoms with Crippen molar-refractivity contribution < 1.29 is 18.3 Å². The monoisotopic (exact) mass is 424 g/mol. The van der Waals surface area contributed by atoms with E-state index in [1.54, 1.807) is 17.0 Å². The molecular weight excluding hydrogens is 406 g/mol. The standard InChI is InChI=1S/C20H19ClF2N2O2S/c1-20(2)11-25(10-12-8-14(22)5-6-16(12)23)19(28-20)24-18(26)15-9-13(21)4-7-17(15)27-3/h4-9H,10-11H2,1-3H3/b24-19-. The van der Waals surface area contributed by atoms with Crippen LogP contribution >= 0.6 is 23.4 Å². The van der Waals surface area contributed by atoms with Crippen molar-refractivity contribution in [2.24, 2.45) is 4.99 Å². The number of amidine groups is 1. The largest absolute Gasteiger partial charge is 0.496 e. The fraction of sp³-hybridized carbons (Fsp3) is 0.300. The van der Waals surface area contributed by atoms with E-state index in [0.29, 0.717) is 22.5 Å². The van der Waals surface area contributed by atoms with E-state index in [1.807, 2.05) is 13.8 Å². The van der Waals surface area contributed by atoms with Gasteiger partial charge in [0.05, 0.1) is 12.7 Å². The van der Waals surface area contributed by atoms with Crippen LogP contribution in [0.15, 0.2) is 41.4 Å². The molecule has 1 heterocycles. The van der Waals surface area contributed by atoms with Crippen LogP contribution in [0, 0.1) is 11.6 Å². The lowest BCUT2D eigenvalue weighted by Gasteiger charge is -2.20. The number of ether oxygens (including phenoxy) is 1. The van der Waals surface area contributed by atoms with Crippen LogP contribution in [-0.2, 0) is 6.54 Å². The molecule has 2 aromatic carbocycles. The second-order valence-corrected chi connectivity index (χ2v) is 9.11. The third kappa shape index (κ3) is 4.64. The summed E-state index contributed by atoms with van der Waals surface area (Å²) in [4.78, 5) is 18.8. The summed E-state index contributed by atoms with van der Waals surface area (Å²) in [6.07, 6.45) is 0. The number of benzene rings is 2. The van der Waals surface area contributed by atoms with Gasteiger partial charge in [0.15, 0.2) is 5.17 Å². The highest BCUT2D eigenvalue weighted by atomic mass is 35.5. The lowest BCUT2D eigenvalue weighted by Crippen LogP contribution is -2.29. The summed E-state index contributed by atoms with van der Waals surface area (Å²) in [6, 6.07) is 8.04. The number of carbonyl (C=O) groups excluding carboxylic acids is 1. The van der Waals surface area contributed by atoms with Gasteiger partial charge in [-0.2, -0.15) is 4.99 Å². The summed E-state index contributed by atoms with van der Waals surface area (Å²) >= 11 is 7.41. The van der Waals surface area contributed by atoms with E-state index in [9.17, 15) is 13.6 Å². The van der Waals surface area contributed by atoms with Crippen molar-refractivity contribution in [3.8, 4) is 5.75 Å². The minimum absolute atomic E-state index is 0.110. The first-order valence-electron chi connectivity index (χ1n) is 8.53. The molecule has 0 bridgehead atoms. The molecule has 0 atom stereocenters. The highest BCUT2D eigenvalue weighted by Crippen LogP contribution is 2.37. The third-order valence-electron chi connectivity index (χ3n) is 4.17. The van der Waals surface area contributed by atoms with Gasteiger partial charge in [0, 0.05) is 28.4 Å². The Balaban J connectivity index is 1.93. The number of methoxy groups -OCH3 is 1. The van der Waals surface area contributed by atoms with E-state index in [4.69, 9.17) is 16.3 Å². The van der Waals surface area contributed by atoms with Crippen molar-refractivity contribution >= 4 is 34.4 Å². The molecule has 1 fully saturated rings. The molecule has 0 radical (unpaired) electrons. The van der Waals surface area contributed by atoms with E-state index < -0.39 is 17.5 Å². The first-order chi connectivity index (χ1) is 13.2. The molecule has 4 nitrogen and oxygen atoms in total. The van der Waals surface area contributed by atoms with Crippen molar-refractivity contribution in [1.29, 1.82) is 0 Å². The van der Waals surface area contributed by atoms with Crippen molar-refractivity contribution in [2.45, 2.75) is 25.1 Å². The number of hydrogen-bond donors (Lipinski definition) is 0. The van der Waals surface area contributed by atoms with Crippen molar-refractivity contribution in [2.75, 3.05) is 13.7 Å². The average molecular weight is 425 g/mol. The van der Waals surface area contributed by atoms with Crippen LogP contribution < -0.4 is 4.74 Å². The van der Waals surface area contributed by atoms with Gasteiger partial charge in [-0.3, -0.25) is 4.79 Å². The summed E-state index contributed by atoms with van der Waals surface area (Å²) in [5, 5.41) is 0.836. The molecule has 148 valence electrons. The van der Waals surface area contributed by atoms with Gasteiger partial charge in [-0.05, 0) is 50.2 Å². The Morgan fingerprint density at radius 3 is 2.75 bits per heavy atom. The fourth-order valence-corrected chi connectivity index (χ4v) is 4.23. The molecule has 0 aliphatic carbocycles. The van der Waals surface area contributed by atoms with Crippen LogP contribution in [0.5, 0.6) is 5.75 Å². The Labute approximate surface area is 171 Å². The molecule has 8 heteroatoms. The maximum atomic E-state index is 14.1. The van der Waals surface area contributed by atoms with Crippen molar-refractivity contribution in [3.63, 3.8) is 0 Å². The highest BCUT2D eigenvalue weighted by molar-refractivity contribution is 8.15. The third-order valence-corrected chi connectivity index (χ3v) is 5.62. The fourth-order valence-electron chi connectivity index (χ4n) is 2.95. The maximum absolute atomic E-state index is 14.1. The second kappa shape index (κ2) is 8.09. The summed E-state index contributed by atoms with van der Waals surface area (Å²) < 4.78 is 32.6. The quantitative estimate of drug-likeness (QED) is 0.680. The van der Waals surface area contributed by atoms with Gasteiger partial charge in [-0.25, -0.2) is 8.78 Å². The molecule has 3 rings (SSSR count). The number of nitrogens with zero attached hydrogens (tertiary/aromatic N) is 2. The minimum atomic E-state index is -0.513. The Kier molecular flexibility index (Phi) is 5.95. The van der Waals surface area contributed by atoms with E-state index in [-0.39, 0.29) is 22.4 Å². The predicted molar refractivity (Wildman–Crippen MR) is 108 cm³/mol. The molecular formula is C20H19ClF2N2O2S. The van der Waals surface area contributed by atoms with Crippen LogP contribution in [0.3, 0.4) is 0 Å². The van der Waals surface area contributed by atoms with Gasteiger partial charge >= 0.3 is 0 Å². The van der Waals surface area contributed by atoms with Crippen LogP contribution in [0.1, 0.15) is 29.8 Å². The Bertz CT molecular complexity index is 950. The lowest BCUT2D eigenvalue weighted by atomic mass is 10.1. The van der Waals surface area contributed by atoms with Gasteiger partial charge < -0.3 is 9.64 Å². The zero-order valence-corrected chi connectivity index (χ0v) is 17.2. The van der Waals surface area contributed by atoms with Gasteiger partial charge in [-0.1, -0.05) is 23.4 Å². The first kappa shape index (κ1) is 20.6. The molecule has 0 N–H and O–H groups in total. The zero-order valence-electron chi connectivity index (χ0n) is 15.6. The van der Waals surface area contributed by atoms with Crippen molar-refractivity contribution in [1.82, 2.24) is 4.90 Å². The smallest absolute Gasteiger partial charge is 0.283 e. The molecule has 2 aromatic rings. The highest BCUT2D eigenvalue weighted by Gasteiger charge is 2.36. The molecule has 0 unspecified atom stereocenters. The molecule has 0 aromatic heterocycles. The summed E-state index contributed by atoms with van der Waals surface area (Å²) in [5.41, 5.74) is 0.448. The maximum Gasteiger partial charge on any atom is 0.283 e. The molecule has 1 amide bonds. The molecule has 28 heavy (non-hydrogen) atoms. The number of carbonyl (C=O) groups is 1. The van der Waals surface area contributed by atoms with E-state index >= 15 is 0 Å². The van der Waals surface area contributed by atoms with Crippen LogP contribution in [-0.4, -0.2) is 34.4 Å². The van der Waals surface area contributed by atoms with E-state index in [1.165, 1.54) is 24.9 Å². The van der Waals surface area contributed by atoms with Gasteiger partial charge in [0.2, 0.25) is 0 Å². The summed E-state index contributed by atoms with van der Waals surface area (Å²) in [5.74, 6) is -1.16. The second-order valence-electron chi connectivity index (χ2n) is 7.00. The normalized spacial score (nSPS) is 17.2. The van der Waals surface area contributed by atoms with Gasteiger partial charge in [0.25, 0.3) is 5.91 Å². The number of hydrogen-bond acceptors (Lipinski definition) is 3. The lowest BCUT2D eigenvalue weighted by molar-refractivity contribution is 0.0998. The number of amides is 1. The van der Waals surface area contributed by atoms with Crippen molar-refractivity contribution in [3.05, 3.63) is 64.2 Å². The molecule has 1 aliphatic heterocycles. The number of aliphatic imine (C=N–C) groups is 1. The predicted octanol–water partition coefficient (Wildman–Crippen LogP) is 5.15. The number of halogens is 3. The SMILES string of the molecule is COc1ccc(Cl)cc1C(=O)/N=C1\SC(C)(C)CN1Cc1cc(F)ccc1F.